The number of allylic oxidation sites excluding steroid dienone is 2. The van der Waals surface area contributed by atoms with E-state index in [1.54, 1.807) is 19.1 Å². The Bertz CT molecular complexity index is 278. The van der Waals surface area contributed by atoms with E-state index < -0.39 is 5.41 Å². The van der Waals surface area contributed by atoms with Gasteiger partial charge in [-0.1, -0.05) is 38.7 Å². The molecule has 0 N–H and O–H groups in total. The first-order chi connectivity index (χ1) is 7.58. The molecule has 0 amide bonds. The molecule has 0 fully saturated rings. The number of rotatable bonds is 8. The maximum Gasteiger partial charge on any atom is 0.316 e. The van der Waals surface area contributed by atoms with Gasteiger partial charge in [0.15, 0.2) is 0 Å². The Labute approximate surface area is 98.7 Å². The number of hydrogen-bond acceptors (Lipinski definition) is 2. The minimum atomic E-state index is -0.672. The number of ether oxygens (including phenoxy) is 1. The summed E-state index contributed by atoms with van der Waals surface area (Å²) >= 11 is 0. The van der Waals surface area contributed by atoms with E-state index >= 15 is 0 Å². The first-order valence-corrected chi connectivity index (χ1v) is 5.69. The third-order valence-electron chi connectivity index (χ3n) is 2.70. The van der Waals surface area contributed by atoms with Crippen molar-refractivity contribution in [2.75, 3.05) is 6.61 Å². The molecule has 2 nitrogen and oxygen atoms in total. The molecule has 0 spiro atoms. The average molecular weight is 222 g/mol. The third kappa shape index (κ3) is 3.09. The lowest BCUT2D eigenvalue weighted by Crippen LogP contribution is -2.34. The molecule has 0 saturated heterocycles. The second kappa shape index (κ2) is 7.04. The van der Waals surface area contributed by atoms with Gasteiger partial charge in [0.1, 0.15) is 0 Å². The van der Waals surface area contributed by atoms with Gasteiger partial charge in [0, 0.05) is 0 Å². The molecule has 0 aliphatic heterocycles. The lowest BCUT2D eigenvalue weighted by molar-refractivity contribution is -0.153. The van der Waals surface area contributed by atoms with E-state index in [4.69, 9.17) is 4.74 Å². The summed E-state index contributed by atoms with van der Waals surface area (Å²) in [4.78, 5) is 12.1. The summed E-state index contributed by atoms with van der Waals surface area (Å²) in [6.07, 6.45) is 5.52. The van der Waals surface area contributed by atoms with Crippen molar-refractivity contribution in [2.24, 2.45) is 5.41 Å². The molecule has 90 valence electrons. The maximum absolute atomic E-state index is 12.1. The van der Waals surface area contributed by atoms with Crippen LogP contribution in [0.5, 0.6) is 0 Å². The second-order valence-corrected chi connectivity index (χ2v) is 3.77. The Balaban J connectivity index is 5.21. The summed E-state index contributed by atoms with van der Waals surface area (Å²) < 4.78 is 5.14. The first-order valence-electron chi connectivity index (χ1n) is 5.69. The smallest absolute Gasteiger partial charge is 0.316 e. The molecule has 0 aromatic carbocycles. The summed E-state index contributed by atoms with van der Waals surface area (Å²) in [5.41, 5.74) is 0.0431. The van der Waals surface area contributed by atoms with Crippen molar-refractivity contribution < 1.29 is 9.53 Å². The number of carbonyl (C=O) groups excluding carboxylic acids is 1. The van der Waals surface area contributed by atoms with Gasteiger partial charge in [-0.3, -0.25) is 4.79 Å². The molecule has 0 aromatic heterocycles. The number of esters is 1. The van der Waals surface area contributed by atoms with Gasteiger partial charge in [0.25, 0.3) is 0 Å². The monoisotopic (exact) mass is 222 g/mol. The lowest BCUT2D eigenvalue weighted by atomic mass is 9.74. The standard InChI is InChI=1S/C14H22O2/c1-6-10-14(11-7-2,12(5)8-3)13(15)16-9-4/h6,8H,1,3,5,7,9-11H2,2,4H3. The molecule has 0 aliphatic rings. The average Bonchev–Trinajstić information content (AvgIpc) is 2.27. The highest BCUT2D eigenvalue weighted by Gasteiger charge is 2.39. The molecular weight excluding hydrogens is 200 g/mol. The molecular formula is C14H22O2. The minimum absolute atomic E-state index is 0.221. The second-order valence-electron chi connectivity index (χ2n) is 3.77. The van der Waals surface area contributed by atoms with E-state index in [-0.39, 0.29) is 5.97 Å². The van der Waals surface area contributed by atoms with Gasteiger partial charge in [-0.25, -0.2) is 0 Å². The Kier molecular flexibility index (Phi) is 6.47. The largest absolute Gasteiger partial charge is 0.465 e. The molecule has 1 unspecified atom stereocenters. The molecule has 0 saturated carbocycles. The fourth-order valence-corrected chi connectivity index (χ4v) is 1.85. The fraction of sp³-hybridized carbons (Fsp3) is 0.500. The fourth-order valence-electron chi connectivity index (χ4n) is 1.85. The quantitative estimate of drug-likeness (QED) is 0.356. The number of carbonyl (C=O) groups is 1. The summed E-state index contributed by atoms with van der Waals surface area (Å²) in [5, 5.41) is 0. The van der Waals surface area contributed by atoms with Crippen LogP contribution in [0.2, 0.25) is 0 Å². The molecule has 0 aliphatic carbocycles. The van der Waals surface area contributed by atoms with E-state index in [0.717, 1.165) is 6.42 Å². The van der Waals surface area contributed by atoms with Crippen molar-refractivity contribution in [1.82, 2.24) is 0 Å². The molecule has 1 atom stereocenters. The highest BCUT2D eigenvalue weighted by molar-refractivity contribution is 5.81. The van der Waals surface area contributed by atoms with Gasteiger partial charge in [0.2, 0.25) is 0 Å². The Morgan fingerprint density at radius 3 is 2.38 bits per heavy atom. The lowest BCUT2D eigenvalue weighted by Gasteiger charge is -2.30. The zero-order chi connectivity index (χ0) is 12.6. The van der Waals surface area contributed by atoms with Gasteiger partial charge < -0.3 is 4.74 Å². The minimum Gasteiger partial charge on any atom is -0.465 e. The van der Waals surface area contributed by atoms with Crippen LogP contribution >= 0.6 is 0 Å². The molecule has 0 heterocycles. The highest BCUT2D eigenvalue weighted by Crippen LogP contribution is 2.38. The maximum atomic E-state index is 12.1. The zero-order valence-electron chi connectivity index (χ0n) is 10.4. The van der Waals surface area contributed by atoms with E-state index in [1.807, 2.05) is 6.92 Å². The molecule has 16 heavy (non-hydrogen) atoms. The van der Waals surface area contributed by atoms with Crippen LogP contribution in [-0.4, -0.2) is 12.6 Å². The first kappa shape index (κ1) is 14.7. The van der Waals surface area contributed by atoms with E-state index in [2.05, 4.69) is 19.7 Å². The number of hydrogen-bond donors (Lipinski definition) is 0. The highest BCUT2D eigenvalue weighted by atomic mass is 16.5. The van der Waals surface area contributed by atoms with Crippen molar-refractivity contribution in [2.45, 2.75) is 33.1 Å². The van der Waals surface area contributed by atoms with Gasteiger partial charge in [-0.15, -0.1) is 6.58 Å². The van der Waals surface area contributed by atoms with E-state index in [0.29, 0.717) is 25.0 Å². The predicted octanol–water partition coefficient (Wildman–Crippen LogP) is 3.65. The topological polar surface area (TPSA) is 26.3 Å². The Morgan fingerprint density at radius 1 is 1.38 bits per heavy atom. The van der Waals surface area contributed by atoms with Crippen molar-refractivity contribution in [3.05, 3.63) is 37.5 Å². The summed E-state index contributed by atoms with van der Waals surface area (Å²) in [5.74, 6) is -0.221. The summed E-state index contributed by atoms with van der Waals surface area (Å²) in [6, 6.07) is 0. The van der Waals surface area contributed by atoms with Crippen molar-refractivity contribution >= 4 is 5.97 Å². The molecule has 2 heteroatoms. The van der Waals surface area contributed by atoms with Crippen LogP contribution < -0.4 is 0 Å². The molecule has 0 aromatic rings. The van der Waals surface area contributed by atoms with Gasteiger partial charge >= 0.3 is 5.97 Å². The summed E-state index contributed by atoms with van der Waals surface area (Å²) in [7, 11) is 0. The van der Waals surface area contributed by atoms with Crippen LogP contribution in [0, 0.1) is 5.41 Å². The Hall–Kier alpha value is -1.31. The zero-order valence-corrected chi connectivity index (χ0v) is 10.4. The van der Waals surface area contributed by atoms with Gasteiger partial charge in [0.05, 0.1) is 12.0 Å². The van der Waals surface area contributed by atoms with Crippen LogP contribution in [-0.2, 0) is 9.53 Å². The Morgan fingerprint density at radius 2 is 2.00 bits per heavy atom. The molecule has 0 radical (unpaired) electrons. The van der Waals surface area contributed by atoms with E-state index in [9.17, 15) is 4.79 Å². The van der Waals surface area contributed by atoms with Crippen LogP contribution in [0.1, 0.15) is 33.1 Å². The van der Waals surface area contributed by atoms with E-state index in [1.165, 1.54) is 0 Å². The van der Waals surface area contributed by atoms with Crippen LogP contribution in [0.3, 0.4) is 0 Å². The van der Waals surface area contributed by atoms with Crippen LogP contribution in [0.25, 0.3) is 0 Å². The van der Waals surface area contributed by atoms with Crippen molar-refractivity contribution in [1.29, 1.82) is 0 Å². The SMILES string of the molecule is C=CCC(CCC)(C(=C)C=C)C(=O)OCC. The molecule has 0 bridgehead atoms. The third-order valence-corrected chi connectivity index (χ3v) is 2.70. The van der Waals surface area contributed by atoms with Crippen LogP contribution in [0.15, 0.2) is 37.5 Å². The van der Waals surface area contributed by atoms with Crippen LogP contribution in [0.4, 0.5) is 0 Å². The van der Waals surface area contributed by atoms with Crippen molar-refractivity contribution in [3.8, 4) is 0 Å². The van der Waals surface area contributed by atoms with Gasteiger partial charge in [-0.2, -0.15) is 0 Å². The van der Waals surface area contributed by atoms with Crippen molar-refractivity contribution in [3.63, 3.8) is 0 Å². The molecule has 0 rings (SSSR count). The summed E-state index contributed by atoms with van der Waals surface area (Å²) in [6.45, 7) is 15.5. The predicted molar refractivity (Wildman–Crippen MR) is 68.1 cm³/mol. The normalized spacial score (nSPS) is 13.6. The van der Waals surface area contributed by atoms with Gasteiger partial charge in [-0.05, 0) is 25.3 Å².